The monoisotopic (exact) mass is 249 g/mol. The van der Waals surface area contributed by atoms with E-state index in [2.05, 4.69) is 12.2 Å². The second-order valence-corrected chi connectivity index (χ2v) is 4.93. The smallest absolute Gasteiger partial charge is 0.120 e. The van der Waals surface area contributed by atoms with Crippen LogP contribution in [0.2, 0.25) is 0 Å². The Bertz CT molecular complexity index is 312. The zero-order chi connectivity index (χ0) is 13.1. The van der Waals surface area contributed by atoms with Crippen molar-refractivity contribution in [3.63, 3.8) is 0 Å². The molecule has 2 nitrogen and oxygen atoms in total. The number of unbranched alkanes of at least 4 members (excludes halogenated alkanes) is 6. The molecule has 2 heteroatoms. The summed E-state index contributed by atoms with van der Waals surface area (Å²) in [6.45, 7) is 4.06. The quantitative estimate of drug-likeness (QED) is 0.608. The first-order chi connectivity index (χ1) is 8.84. The third-order valence-corrected chi connectivity index (χ3v) is 3.26. The summed E-state index contributed by atoms with van der Waals surface area (Å²) in [4.78, 5) is 0. The molecule has 0 aliphatic rings. The lowest BCUT2D eigenvalue weighted by Crippen LogP contribution is -2.14. The Balaban J connectivity index is 1.94. The average molecular weight is 249 g/mol. The van der Waals surface area contributed by atoms with Crippen LogP contribution in [-0.4, -0.2) is 11.7 Å². The number of para-hydroxylation sites is 1. The van der Waals surface area contributed by atoms with Crippen molar-refractivity contribution in [3.05, 3.63) is 29.8 Å². The lowest BCUT2D eigenvalue weighted by Gasteiger charge is -2.06. The van der Waals surface area contributed by atoms with E-state index in [1.807, 2.05) is 18.2 Å². The van der Waals surface area contributed by atoms with E-state index in [0.29, 0.717) is 5.75 Å². The maximum Gasteiger partial charge on any atom is 0.120 e. The number of phenols is 1. The van der Waals surface area contributed by atoms with Gasteiger partial charge in [0.15, 0.2) is 0 Å². The number of benzene rings is 1. The topological polar surface area (TPSA) is 32.3 Å². The van der Waals surface area contributed by atoms with Crippen LogP contribution in [0.4, 0.5) is 0 Å². The highest BCUT2D eigenvalue weighted by atomic mass is 16.3. The molecule has 2 N–H and O–H groups in total. The molecule has 0 spiro atoms. The number of nitrogens with one attached hydrogen (secondary N) is 1. The van der Waals surface area contributed by atoms with Gasteiger partial charge in [0.05, 0.1) is 0 Å². The van der Waals surface area contributed by atoms with E-state index in [1.54, 1.807) is 6.07 Å². The van der Waals surface area contributed by atoms with Gasteiger partial charge < -0.3 is 10.4 Å². The molecule has 0 aliphatic carbocycles. The van der Waals surface area contributed by atoms with Gasteiger partial charge in [-0.3, -0.25) is 0 Å². The first-order valence-electron chi connectivity index (χ1n) is 7.32. The molecule has 1 aromatic rings. The maximum atomic E-state index is 9.59. The molecule has 0 bridgehead atoms. The van der Waals surface area contributed by atoms with Crippen LogP contribution in [0, 0.1) is 0 Å². The van der Waals surface area contributed by atoms with E-state index in [9.17, 15) is 5.11 Å². The highest BCUT2D eigenvalue weighted by molar-refractivity contribution is 5.31. The molecule has 0 saturated carbocycles. The van der Waals surface area contributed by atoms with Gasteiger partial charge in [-0.2, -0.15) is 0 Å². The fraction of sp³-hybridized carbons (Fsp3) is 0.625. The Morgan fingerprint density at radius 2 is 1.61 bits per heavy atom. The molecule has 1 aromatic carbocycles. The van der Waals surface area contributed by atoms with Crippen molar-refractivity contribution in [1.29, 1.82) is 0 Å². The predicted octanol–water partition coefficient (Wildman–Crippen LogP) is 4.23. The molecular formula is C16H27NO. The molecule has 0 aromatic heterocycles. The van der Waals surface area contributed by atoms with Crippen LogP contribution in [0.3, 0.4) is 0 Å². The minimum atomic E-state index is 0.393. The zero-order valence-electron chi connectivity index (χ0n) is 11.6. The highest BCUT2D eigenvalue weighted by Crippen LogP contribution is 2.14. The summed E-state index contributed by atoms with van der Waals surface area (Å²) in [6, 6.07) is 7.53. The van der Waals surface area contributed by atoms with Gasteiger partial charge in [0, 0.05) is 12.1 Å². The van der Waals surface area contributed by atoms with Gasteiger partial charge in [-0.25, -0.2) is 0 Å². The molecular weight excluding hydrogens is 222 g/mol. The molecule has 0 radical (unpaired) electrons. The molecule has 18 heavy (non-hydrogen) atoms. The summed E-state index contributed by atoms with van der Waals surface area (Å²) in [5, 5.41) is 13.0. The minimum absolute atomic E-state index is 0.393. The van der Waals surface area contributed by atoms with Crippen LogP contribution in [0.5, 0.6) is 5.75 Å². The van der Waals surface area contributed by atoms with Gasteiger partial charge in [-0.05, 0) is 19.0 Å². The predicted molar refractivity (Wildman–Crippen MR) is 77.8 cm³/mol. The number of aromatic hydroxyl groups is 1. The summed E-state index contributed by atoms with van der Waals surface area (Å²) >= 11 is 0. The molecule has 0 unspecified atom stereocenters. The molecule has 0 aliphatic heterocycles. The lowest BCUT2D eigenvalue weighted by atomic mass is 10.1. The lowest BCUT2D eigenvalue weighted by molar-refractivity contribution is 0.463. The third-order valence-electron chi connectivity index (χ3n) is 3.26. The molecule has 1 rings (SSSR count). The summed E-state index contributed by atoms with van der Waals surface area (Å²) in [7, 11) is 0. The standard InChI is InChI=1S/C16H27NO/c1-2-3-4-5-6-7-10-13-17-14-15-11-8-9-12-16(15)18/h8-9,11-12,17-18H,2-7,10,13-14H2,1H3. The zero-order valence-corrected chi connectivity index (χ0v) is 11.6. The van der Waals surface area contributed by atoms with Gasteiger partial charge in [0.25, 0.3) is 0 Å². The first-order valence-corrected chi connectivity index (χ1v) is 7.32. The highest BCUT2D eigenvalue weighted by Gasteiger charge is 1.98. The largest absolute Gasteiger partial charge is 0.508 e. The molecule has 0 atom stereocenters. The summed E-state index contributed by atoms with van der Waals surface area (Å²) in [6.07, 6.45) is 9.39. The van der Waals surface area contributed by atoms with Crippen LogP contribution in [0.1, 0.15) is 57.4 Å². The normalized spacial score (nSPS) is 10.7. The fourth-order valence-corrected chi connectivity index (χ4v) is 2.09. The molecule has 0 heterocycles. The third kappa shape index (κ3) is 6.65. The van der Waals surface area contributed by atoms with Crippen molar-refractivity contribution < 1.29 is 5.11 Å². The van der Waals surface area contributed by atoms with Crippen LogP contribution >= 0.6 is 0 Å². The van der Waals surface area contributed by atoms with E-state index in [-0.39, 0.29) is 0 Å². The van der Waals surface area contributed by atoms with E-state index in [0.717, 1.165) is 18.7 Å². The van der Waals surface area contributed by atoms with Gasteiger partial charge in [-0.1, -0.05) is 63.6 Å². The summed E-state index contributed by atoms with van der Waals surface area (Å²) in [5.41, 5.74) is 0.987. The van der Waals surface area contributed by atoms with E-state index in [4.69, 9.17) is 0 Å². The van der Waals surface area contributed by atoms with Gasteiger partial charge >= 0.3 is 0 Å². The Hall–Kier alpha value is -1.02. The first kappa shape index (κ1) is 15.0. The van der Waals surface area contributed by atoms with Crippen molar-refractivity contribution >= 4 is 0 Å². The Kier molecular flexibility index (Phi) is 8.32. The molecule has 102 valence electrons. The van der Waals surface area contributed by atoms with Crippen molar-refractivity contribution in [2.24, 2.45) is 0 Å². The van der Waals surface area contributed by atoms with Crippen molar-refractivity contribution in [2.75, 3.05) is 6.54 Å². The molecule has 0 saturated heterocycles. The van der Waals surface area contributed by atoms with Gasteiger partial charge in [-0.15, -0.1) is 0 Å². The van der Waals surface area contributed by atoms with Crippen molar-refractivity contribution in [3.8, 4) is 5.75 Å². The number of hydrogen-bond donors (Lipinski definition) is 2. The molecule has 0 fully saturated rings. The van der Waals surface area contributed by atoms with Crippen LogP contribution in [0.15, 0.2) is 24.3 Å². The second-order valence-electron chi connectivity index (χ2n) is 4.93. The van der Waals surface area contributed by atoms with E-state index in [1.165, 1.54) is 44.9 Å². The fourth-order valence-electron chi connectivity index (χ4n) is 2.09. The minimum Gasteiger partial charge on any atom is -0.508 e. The SMILES string of the molecule is CCCCCCCCCNCc1ccccc1O. The number of phenolic OH excluding ortho intramolecular Hbond substituents is 1. The van der Waals surface area contributed by atoms with Crippen molar-refractivity contribution in [1.82, 2.24) is 5.32 Å². The van der Waals surface area contributed by atoms with Crippen molar-refractivity contribution in [2.45, 2.75) is 58.4 Å². The average Bonchev–Trinajstić information content (AvgIpc) is 2.39. The Morgan fingerprint density at radius 1 is 0.944 bits per heavy atom. The van der Waals surface area contributed by atoms with E-state index >= 15 is 0 Å². The summed E-state index contributed by atoms with van der Waals surface area (Å²) in [5.74, 6) is 0.393. The van der Waals surface area contributed by atoms with Gasteiger partial charge in [0.2, 0.25) is 0 Å². The van der Waals surface area contributed by atoms with Crippen LogP contribution in [-0.2, 0) is 6.54 Å². The Morgan fingerprint density at radius 3 is 2.33 bits per heavy atom. The van der Waals surface area contributed by atoms with Crippen LogP contribution < -0.4 is 5.32 Å². The van der Waals surface area contributed by atoms with Gasteiger partial charge in [0.1, 0.15) is 5.75 Å². The number of rotatable bonds is 10. The second kappa shape index (κ2) is 9.95. The van der Waals surface area contributed by atoms with Crippen LogP contribution in [0.25, 0.3) is 0 Å². The summed E-state index contributed by atoms with van der Waals surface area (Å²) < 4.78 is 0. The van der Waals surface area contributed by atoms with E-state index < -0.39 is 0 Å². The Labute approximate surface area is 111 Å². The maximum absolute atomic E-state index is 9.59. The number of hydrogen-bond acceptors (Lipinski definition) is 2. The molecule has 0 amide bonds.